The Morgan fingerprint density at radius 1 is 1.24 bits per heavy atom. The van der Waals surface area contributed by atoms with Gasteiger partial charge in [0.2, 0.25) is 0 Å². The normalized spacial score (nSPS) is 11.9. The van der Waals surface area contributed by atoms with Gasteiger partial charge in [0.05, 0.1) is 11.4 Å². The fraction of sp³-hybridized carbons (Fsp3) is 0.190. The van der Waals surface area contributed by atoms with E-state index in [-0.39, 0.29) is 23.9 Å². The van der Waals surface area contributed by atoms with E-state index in [1.807, 2.05) is 0 Å². The summed E-state index contributed by atoms with van der Waals surface area (Å²) in [6.07, 6.45) is 0.346. The number of aromatic nitrogens is 2. The van der Waals surface area contributed by atoms with Gasteiger partial charge in [0.25, 0.3) is 11.5 Å². The van der Waals surface area contributed by atoms with Gasteiger partial charge in [-0.2, -0.15) is 9.78 Å². The molecule has 1 amide bonds. The van der Waals surface area contributed by atoms with E-state index < -0.39 is 17.3 Å². The largest absolute Gasteiger partial charge is 0.396 e. The molecule has 0 radical (unpaired) electrons. The lowest BCUT2D eigenvalue weighted by Gasteiger charge is -2.14. The number of hydrogen-bond acceptors (Lipinski definition) is 4. The molecule has 0 spiro atoms. The van der Waals surface area contributed by atoms with Crippen LogP contribution in [0.5, 0.6) is 0 Å². The number of rotatable bonds is 6. The summed E-state index contributed by atoms with van der Waals surface area (Å²) < 4.78 is 14.7. The van der Waals surface area contributed by atoms with Gasteiger partial charge in [-0.1, -0.05) is 29.8 Å². The van der Waals surface area contributed by atoms with E-state index in [1.165, 1.54) is 24.3 Å². The zero-order valence-electron chi connectivity index (χ0n) is 15.6. The van der Waals surface area contributed by atoms with Gasteiger partial charge in [-0.05, 0) is 49.7 Å². The van der Waals surface area contributed by atoms with Gasteiger partial charge in [-0.3, -0.25) is 9.59 Å². The molecule has 0 aliphatic heterocycles. The number of carbonyl (C=O) groups is 1. The van der Waals surface area contributed by atoms with Crippen molar-refractivity contribution in [1.82, 2.24) is 15.1 Å². The standard InChI is InChI=1S/C21H19ClFN3O3/c1-13(9-10-27)24-20(28)18-12-19(14-5-7-15(22)8-6-14)25-26(21(18)29)17-4-2-3-16(23)11-17/h2-8,11-13,27H,9-10H2,1H3,(H,24,28)/t13-/m0/s1. The van der Waals surface area contributed by atoms with Gasteiger partial charge in [-0.15, -0.1) is 0 Å². The van der Waals surface area contributed by atoms with Crippen LogP contribution < -0.4 is 10.9 Å². The number of aliphatic hydroxyl groups excluding tert-OH is 1. The van der Waals surface area contributed by atoms with Gasteiger partial charge < -0.3 is 10.4 Å². The fourth-order valence-electron chi connectivity index (χ4n) is 2.77. The Morgan fingerprint density at radius 3 is 2.62 bits per heavy atom. The van der Waals surface area contributed by atoms with Crippen molar-refractivity contribution in [1.29, 1.82) is 0 Å². The molecule has 2 N–H and O–H groups in total. The van der Waals surface area contributed by atoms with E-state index in [9.17, 15) is 14.0 Å². The molecule has 6 nitrogen and oxygen atoms in total. The summed E-state index contributed by atoms with van der Waals surface area (Å²) in [4.78, 5) is 25.7. The van der Waals surface area contributed by atoms with Crippen LogP contribution >= 0.6 is 11.6 Å². The smallest absolute Gasteiger partial charge is 0.284 e. The van der Waals surface area contributed by atoms with Gasteiger partial charge in [0.1, 0.15) is 11.4 Å². The van der Waals surface area contributed by atoms with Crippen LogP contribution in [-0.2, 0) is 0 Å². The van der Waals surface area contributed by atoms with Crippen molar-refractivity contribution in [3.8, 4) is 16.9 Å². The molecule has 0 fully saturated rings. The van der Waals surface area contributed by atoms with Crippen molar-refractivity contribution < 1.29 is 14.3 Å². The second kappa shape index (κ2) is 8.98. The first kappa shape index (κ1) is 20.7. The Hall–Kier alpha value is -3.03. The van der Waals surface area contributed by atoms with Crippen LogP contribution in [0.3, 0.4) is 0 Å². The summed E-state index contributed by atoms with van der Waals surface area (Å²) in [6, 6.07) is 13.2. The van der Waals surface area contributed by atoms with Gasteiger partial charge in [-0.25, -0.2) is 4.39 Å². The highest BCUT2D eigenvalue weighted by Gasteiger charge is 2.19. The minimum atomic E-state index is -0.679. The number of halogens is 2. The molecule has 8 heteroatoms. The number of amides is 1. The van der Waals surface area contributed by atoms with Crippen LogP contribution in [0, 0.1) is 5.82 Å². The van der Waals surface area contributed by atoms with Crippen molar-refractivity contribution in [3.05, 3.63) is 81.4 Å². The Morgan fingerprint density at radius 2 is 1.97 bits per heavy atom. The van der Waals surface area contributed by atoms with Crippen molar-refractivity contribution in [2.45, 2.75) is 19.4 Å². The molecule has 1 atom stereocenters. The van der Waals surface area contributed by atoms with E-state index in [0.29, 0.717) is 22.7 Å². The molecule has 0 aliphatic rings. The monoisotopic (exact) mass is 415 g/mol. The third-order valence-corrected chi connectivity index (χ3v) is 4.54. The van der Waals surface area contributed by atoms with Gasteiger partial charge in [0.15, 0.2) is 0 Å². The van der Waals surface area contributed by atoms with Gasteiger partial charge >= 0.3 is 0 Å². The first-order valence-electron chi connectivity index (χ1n) is 8.97. The quantitative estimate of drug-likeness (QED) is 0.647. The van der Waals surface area contributed by atoms with Crippen LogP contribution in [0.2, 0.25) is 5.02 Å². The predicted octanol–water partition coefficient (Wildman–Crippen LogP) is 3.19. The molecule has 0 bridgehead atoms. The Kier molecular flexibility index (Phi) is 6.41. The maximum atomic E-state index is 13.7. The zero-order chi connectivity index (χ0) is 21.0. The molecule has 0 saturated carbocycles. The van der Waals surface area contributed by atoms with Crippen molar-refractivity contribution >= 4 is 17.5 Å². The molecule has 0 saturated heterocycles. The topological polar surface area (TPSA) is 84.2 Å². The van der Waals surface area contributed by atoms with E-state index in [2.05, 4.69) is 10.4 Å². The maximum Gasteiger partial charge on any atom is 0.284 e. The molecule has 0 unspecified atom stereocenters. The van der Waals surface area contributed by atoms with Gasteiger partial charge in [0, 0.05) is 23.2 Å². The highest BCUT2D eigenvalue weighted by atomic mass is 35.5. The maximum absolute atomic E-state index is 13.7. The molecule has 150 valence electrons. The highest BCUT2D eigenvalue weighted by molar-refractivity contribution is 6.30. The summed E-state index contributed by atoms with van der Waals surface area (Å²) >= 11 is 5.94. The fourth-order valence-corrected chi connectivity index (χ4v) is 2.90. The number of aliphatic hydroxyl groups is 1. The summed E-state index contributed by atoms with van der Waals surface area (Å²) in [7, 11) is 0. The predicted molar refractivity (Wildman–Crippen MR) is 109 cm³/mol. The Labute approximate surface area is 171 Å². The molecule has 29 heavy (non-hydrogen) atoms. The van der Waals surface area contributed by atoms with Crippen LogP contribution in [0.25, 0.3) is 16.9 Å². The third kappa shape index (κ3) is 4.88. The molecule has 2 aromatic carbocycles. The molecular weight excluding hydrogens is 397 g/mol. The number of benzene rings is 2. The number of carbonyl (C=O) groups excluding carboxylic acids is 1. The lowest BCUT2D eigenvalue weighted by molar-refractivity contribution is 0.0932. The summed E-state index contributed by atoms with van der Waals surface area (Å²) in [5.74, 6) is -1.13. The lowest BCUT2D eigenvalue weighted by atomic mass is 10.1. The molecule has 1 heterocycles. The zero-order valence-corrected chi connectivity index (χ0v) is 16.4. The second-order valence-electron chi connectivity index (χ2n) is 6.53. The average Bonchev–Trinajstić information content (AvgIpc) is 2.69. The molecule has 1 aromatic heterocycles. The van der Waals surface area contributed by atoms with E-state index in [0.717, 1.165) is 10.7 Å². The Balaban J connectivity index is 2.15. The highest BCUT2D eigenvalue weighted by Crippen LogP contribution is 2.20. The first-order chi connectivity index (χ1) is 13.9. The molecule has 3 rings (SSSR count). The van der Waals surface area contributed by atoms with Crippen molar-refractivity contribution in [3.63, 3.8) is 0 Å². The van der Waals surface area contributed by atoms with Crippen molar-refractivity contribution in [2.24, 2.45) is 0 Å². The molecule has 0 aliphatic carbocycles. The number of nitrogens with one attached hydrogen (secondary N) is 1. The van der Waals surface area contributed by atoms with Crippen LogP contribution in [0.15, 0.2) is 59.4 Å². The summed E-state index contributed by atoms with van der Waals surface area (Å²) in [6.45, 7) is 1.63. The molecule has 3 aromatic rings. The van der Waals surface area contributed by atoms with Crippen LogP contribution in [-0.4, -0.2) is 33.4 Å². The first-order valence-corrected chi connectivity index (χ1v) is 9.35. The second-order valence-corrected chi connectivity index (χ2v) is 6.97. The summed E-state index contributed by atoms with van der Waals surface area (Å²) in [5.41, 5.74) is 0.367. The average molecular weight is 416 g/mol. The third-order valence-electron chi connectivity index (χ3n) is 4.29. The minimum absolute atomic E-state index is 0.0959. The Bertz CT molecular complexity index is 1080. The van der Waals surface area contributed by atoms with E-state index in [4.69, 9.17) is 16.7 Å². The minimum Gasteiger partial charge on any atom is -0.396 e. The van der Waals surface area contributed by atoms with Crippen LogP contribution in [0.4, 0.5) is 4.39 Å². The van der Waals surface area contributed by atoms with Crippen molar-refractivity contribution in [2.75, 3.05) is 6.61 Å². The number of nitrogens with zero attached hydrogens (tertiary/aromatic N) is 2. The SMILES string of the molecule is C[C@@H](CCO)NC(=O)c1cc(-c2ccc(Cl)cc2)nn(-c2cccc(F)c2)c1=O. The van der Waals surface area contributed by atoms with E-state index >= 15 is 0 Å². The summed E-state index contributed by atoms with van der Waals surface area (Å²) in [5, 5.41) is 16.6. The van der Waals surface area contributed by atoms with Crippen LogP contribution in [0.1, 0.15) is 23.7 Å². The van der Waals surface area contributed by atoms with E-state index in [1.54, 1.807) is 31.2 Å². The number of hydrogen-bond donors (Lipinski definition) is 2. The lowest BCUT2D eigenvalue weighted by Crippen LogP contribution is -2.38. The molecular formula is C21H19ClFN3O3.